The molecule has 1 aliphatic rings. The molecule has 1 saturated carbocycles. The number of carbonyl (C=O) groups excluding carboxylic acids is 1. The Labute approximate surface area is 103 Å². The Bertz CT molecular complexity index is 386. The van der Waals surface area contributed by atoms with Crippen molar-refractivity contribution in [2.75, 3.05) is 5.73 Å². The van der Waals surface area contributed by atoms with Crippen LogP contribution < -0.4 is 5.73 Å². The lowest BCUT2D eigenvalue weighted by Crippen LogP contribution is -2.18. The van der Waals surface area contributed by atoms with Gasteiger partial charge in [-0.1, -0.05) is 31.4 Å². The summed E-state index contributed by atoms with van der Waals surface area (Å²) >= 11 is 0. The number of Topliss-reactive ketones (excluding diaryl/α,β-unsaturated/α-hetero) is 1. The van der Waals surface area contributed by atoms with Gasteiger partial charge in [-0.05, 0) is 37.0 Å². The topological polar surface area (TPSA) is 43.1 Å². The normalized spacial score (nSPS) is 21.9. The number of anilines is 1. The van der Waals surface area contributed by atoms with E-state index < -0.39 is 0 Å². The van der Waals surface area contributed by atoms with Crippen LogP contribution in [0.1, 0.15) is 44.1 Å². The fourth-order valence-corrected chi connectivity index (χ4v) is 2.63. The molecule has 0 saturated heterocycles. The molecule has 1 aromatic rings. The number of nitrogens with two attached hydrogens (primary N) is 1. The van der Waals surface area contributed by atoms with Gasteiger partial charge in [0.1, 0.15) is 5.78 Å². The third-order valence-electron chi connectivity index (χ3n) is 3.61. The first-order chi connectivity index (χ1) is 8.25. The van der Waals surface area contributed by atoms with Crippen LogP contribution in [-0.4, -0.2) is 5.78 Å². The fraction of sp³-hybridized carbons (Fsp3) is 0.533. The molecule has 2 heteroatoms. The number of benzene rings is 1. The lowest BCUT2D eigenvalue weighted by molar-refractivity contribution is -0.123. The van der Waals surface area contributed by atoms with Crippen LogP contribution in [0, 0.1) is 5.92 Å². The minimum Gasteiger partial charge on any atom is -0.399 e. The van der Waals surface area contributed by atoms with Gasteiger partial charge in [0.05, 0.1) is 0 Å². The van der Waals surface area contributed by atoms with Crippen molar-refractivity contribution < 1.29 is 4.79 Å². The van der Waals surface area contributed by atoms with Crippen molar-refractivity contribution in [3.63, 3.8) is 0 Å². The molecule has 2 N–H and O–H groups in total. The van der Waals surface area contributed by atoms with E-state index in [0.717, 1.165) is 31.4 Å². The van der Waals surface area contributed by atoms with Crippen LogP contribution in [0.25, 0.3) is 0 Å². The zero-order chi connectivity index (χ0) is 12.1. The summed E-state index contributed by atoms with van der Waals surface area (Å²) in [5.74, 6) is 0.671. The highest BCUT2D eigenvalue weighted by Gasteiger charge is 2.19. The summed E-state index contributed by atoms with van der Waals surface area (Å²) < 4.78 is 0. The summed E-state index contributed by atoms with van der Waals surface area (Å²) in [7, 11) is 0. The summed E-state index contributed by atoms with van der Waals surface area (Å²) in [6.45, 7) is 0. The number of hydrogen-bond donors (Lipinski definition) is 1. The van der Waals surface area contributed by atoms with Crippen LogP contribution in [0.4, 0.5) is 5.69 Å². The van der Waals surface area contributed by atoms with E-state index in [9.17, 15) is 4.79 Å². The first-order valence-electron chi connectivity index (χ1n) is 6.63. The van der Waals surface area contributed by atoms with E-state index in [1.807, 2.05) is 18.2 Å². The number of nitrogen functional groups attached to an aromatic ring is 1. The molecule has 0 amide bonds. The highest BCUT2D eigenvalue weighted by atomic mass is 16.1. The Morgan fingerprint density at radius 3 is 2.82 bits per heavy atom. The van der Waals surface area contributed by atoms with E-state index in [1.165, 1.54) is 24.8 Å². The highest BCUT2D eigenvalue weighted by molar-refractivity contribution is 5.81. The van der Waals surface area contributed by atoms with Gasteiger partial charge in [0.25, 0.3) is 0 Å². The van der Waals surface area contributed by atoms with Crippen molar-refractivity contribution in [2.45, 2.75) is 44.9 Å². The zero-order valence-electron chi connectivity index (χ0n) is 10.3. The average molecular weight is 231 g/mol. The summed E-state index contributed by atoms with van der Waals surface area (Å²) in [6.07, 6.45) is 7.45. The lowest BCUT2D eigenvalue weighted by Gasteiger charge is -2.18. The van der Waals surface area contributed by atoms with Gasteiger partial charge in [0, 0.05) is 18.0 Å². The monoisotopic (exact) mass is 231 g/mol. The standard InChI is InChI=1S/C15H21NO/c16-14-8-5-6-12(11-14)10-13-7-3-1-2-4-9-15(13)17/h5-6,8,11,13H,1-4,7,9-10,16H2. The molecule has 0 bridgehead atoms. The molecule has 17 heavy (non-hydrogen) atoms. The van der Waals surface area contributed by atoms with Gasteiger partial charge in [-0.3, -0.25) is 4.79 Å². The van der Waals surface area contributed by atoms with Crippen LogP contribution in [0.2, 0.25) is 0 Å². The SMILES string of the molecule is Nc1cccc(CC2CCCCCCC2=O)c1. The van der Waals surface area contributed by atoms with Crippen molar-refractivity contribution in [3.8, 4) is 0 Å². The first kappa shape index (κ1) is 12.2. The molecule has 1 unspecified atom stereocenters. The third-order valence-corrected chi connectivity index (χ3v) is 3.61. The molecule has 1 atom stereocenters. The maximum atomic E-state index is 12.0. The number of ketones is 1. The second kappa shape index (κ2) is 5.85. The Kier molecular flexibility index (Phi) is 4.18. The van der Waals surface area contributed by atoms with Gasteiger partial charge < -0.3 is 5.73 Å². The van der Waals surface area contributed by atoms with E-state index in [2.05, 4.69) is 6.07 Å². The van der Waals surface area contributed by atoms with Crippen molar-refractivity contribution in [3.05, 3.63) is 29.8 Å². The van der Waals surface area contributed by atoms with Gasteiger partial charge in [-0.2, -0.15) is 0 Å². The molecule has 1 fully saturated rings. The molecular weight excluding hydrogens is 210 g/mol. The second-order valence-electron chi connectivity index (χ2n) is 5.07. The molecular formula is C15H21NO. The smallest absolute Gasteiger partial charge is 0.136 e. The van der Waals surface area contributed by atoms with E-state index in [-0.39, 0.29) is 5.92 Å². The van der Waals surface area contributed by atoms with Gasteiger partial charge in [0.2, 0.25) is 0 Å². The molecule has 1 aliphatic carbocycles. The molecule has 2 rings (SSSR count). The predicted octanol–water partition coefficient (Wildman–Crippen LogP) is 3.35. The summed E-state index contributed by atoms with van der Waals surface area (Å²) in [6, 6.07) is 7.93. The molecule has 0 radical (unpaired) electrons. The third kappa shape index (κ3) is 3.58. The van der Waals surface area contributed by atoms with Crippen molar-refractivity contribution in [2.24, 2.45) is 5.92 Å². The first-order valence-corrected chi connectivity index (χ1v) is 6.63. The van der Waals surface area contributed by atoms with E-state index in [1.54, 1.807) is 0 Å². The summed E-state index contributed by atoms with van der Waals surface area (Å²) in [4.78, 5) is 12.0. The number of hydrogen-bond acceptors (Lipinski definition) is 2. The van der Waals surface area contributed by atoms with E-state index in [0.29, 0.717) is 5.78 Å². The Morgan fingerprint density at radius 2 is 2.00 bits per heavy atom. The molecule has 92 valence electrons. The van der Waals surface area contributed by atoms with Gasteiger partial charge in [0.15, 0.2) is 0 Å². The van der Waals surface area contributed by atoms with Crippen LogP contribution in [-0.2, 0) is 11.2 Å². The minimum absolute atomic E-state index is 0.220. The predicted molar refractivity (Wildman–Crippen MR) is 70.8 cm³/mol. The molecule has 1 aromatic carbocycles. The van der Waals surface area contributed by atoms with Crippen LogP contribution in [0.15, 0.2) is 24.3 Å². The van der Waals surface area contributed by atoms with Gasteiger partial charge in [-0.25, -0.2) is 0 Å². The maximum absolute atomic E-state index is 12.0. The van der Waals surface area contributed by atoms with Crippen molar-refractivity contribution >= 4 is 11.5 Å². The Morgan fingerprint density at radius 1 is 1.18 bits per heavy atom. The van der Waals surface area contributed by atoms with Crippen LogP contribution in [0.5, 0.6) is 0 Å². The lowest BCUT2D eigenvalue weighted by atomic mass is 9.85. The quantitative estimate of drug-likeness (QED) is 0.793. The van der Waals surface area contributed by atoms with Gasteiger partial charge in [-0.15, -0.1) is 0 Å². The number of rotatable bonds is 2. The molecule has 2 nitrogen and oxygen atoms in total. The largest absolute Gasteiger partial charge is 0.399 e. The van der Waals surface area contributed by atoms with Crippen molar-refractivity contribution in [1.82, 2.24) is 0 Å². The van der Waals surface area contributed by atoms with Crippen molar-refractivity contribution in [1.29, 1.82) is 0 Å². The van der Waals surface area contributed by atoms with Gasteiger partial charge >= 0.3 is 0 Å². The Hall–Kier alpha value is -1.31. The molecule has 0 heterocycles. The summed E-state index contributed by atoms with van der Waals surface area (Å²) in [5, 5.41) is 0. The minimum atomic E-state index is 0.220. The number of carbonyl (C=O) groups is 1. The molecule has 0 spiro atoms. The zero-order valence-corrected chi connectivity index (χ0v) is 10.3. The van der Waals surface area contributed by atoms with Crippen LogP contribution >= 0.6 is 0 Å². The molecule has 0 aromatic heterocycles. The molecule has 0 aliphatic heterocycles. The van der Waals surface area contributed by atoms with Crippen LogP contribution in [0.3, 0.4) is 0 Å². The highest BCUT2D eigenvalue weighted by Crippen LogP contribution is 2.23. The average Bonchev–Trinajstić information content (AvgIpc) is 2.29. The fourth-order valence-electron chi connectivity index (χ4n) is 2.63. The summed E-state index contributed by atoms with van der Waals surface area (Å²) in [5.41, 5.74) is 7.76. The Balaban J connectivity index is 2.02. The second-order valence-corrected chi connectivity index (χ2v) is 5.07. The van der Waals surface area contributed by atoms with E-state index >= 15 is 0 Å². The maximum Gasteiger partial charge on any atom is 0.136 e. The van der Waals surface area contributed by atoms with E-state index in [4.69, 9.17) is 5.73 Å².